The highest BCUT2D eigenvalue weighted by molar-refractivity contribution is 6.29. The lowest BCUT2D eigenvalue weighted by Crippen LogP contribution is -2.17. The van der Waals surface area contributed by atoms with E-state index >= 15 is 0 Å². The Morgan fingerprint density at radius 1 is 1.17 bits per heavy atom. The number of amides is 2. The van der Waals surface area contributed by atoms with Crippen LogP contribution in [-0.4, -0.2) is 28.9 Å². The molecule has 0 spiro atoms. The maximum absolute atomic E-state index is 14.9. The van der Waals surface area contributed by atoms with Crippen molar-refractivity contribution >= 4 is 29.1 Å². The van der Waals surface area contributed by atoms with Crippen LogP contribution < -0.4 is 20.5 Å². The molecular weight excluding hydrogens is 415 g/mol. The smallest absolute Gasteiger partial charge is 0.267 e. The molecule has 0 saturated carbocycles. The maximum Gasteiger partial charge on any atom is 0.267 e. The molecule has 1 aromatic carbocycles. The fourth-order valence-electron chi connectivity index (χ4n) is 2.54. The zero-order chi connectivity index (χ0) is 21.8. The molecule has 0 saturated heterocycles. The number of rotatable bonds is 6. The fourth-order valence-corrected chi connectivity index (χ4v) is 2.68. The Balaban J connectivity index is 1.98. The van der Waals surface area contributed by atoms with Crippen LogP contribution in [0.1, 0.15) is 26.4 Å². The number of aromatic nitrogens is 2. The van der Waals surface area contributed by atoms with Crippen molar-refractivity contribution < 1.29 is 23.5 Å². The van der Waals surface area contributed by atoms with Crippen LogP contribution in [0, 0.1) is 12.7 Å². The number of carbonyl (C=O) groups is 2. The molecule has 0 bridgehead atoms. The van der Waals surface area contributed by atoms with Crippen LogP contribution in [0.25, 0.3) is 0 Å². The van der Waals surface area contributed by atoms with Crippen molar-refractivity contribution in [1.29, 1.82) is 0 Å². The second-order valence-corrected chi connectivity index (χ2v) is 6.45. The van der Waals surface area contributed by atoms with E-state index in [1.54, 1.807) is 0 Å². The fraction of sp³-hybridized carbons (Fsp3) is 0.100. The number of hydrogen-bond donors (Lipinski definition) is 2. The lowest BCUT2D eigenvalue weighted by Gasteiger charge is -2.15. The first-order chi connectivity index (χ1) is 14.3. The monoisotopic (exact) mass is 430 g/mol. The van der Waals surface area contributed by atoms with Crippen LogP contribution in [0.15, 0.2) is 42.6 Å². The summed E-state index contributed by atoms with van der Waals surface area (Å²) >= 11 is 5.84. The molecule has 0 unspecified atom stereocenters. The third-order valence-electron chi connectivity index (χ3n) is 4.00. The number of halogens is 2. The highest BCUT2D eigenvalue weighted by Crippen LogP contribution is 2.34. The minimum atomic E-state index is -0.797. The highest BCUT2D eigenvalue weighted by atomic mass is 35.5. The molecule has 2 heterocycles. The minimum Gasteiger partial charge on any atom is -0.478 e. The van der Waals surface area contributed by atoms with Crippen molar-refractivity contribution in [1.82, 2.24) is 9.97 Å². The normalized spacial score (nSPS) is 10.4. The van der Waals surface area contributed by atoms with Gasteiger partial charge in [-0.1, -0.05) is 17.7 Å². The number of nitrogens with zero attached hydrogens (tertiary/aromatic N) is 2. The molecule has 30 heavy (non-hydrogen) atoms. The number of hydrogen-bond acceptors (Lipinski definition) is 6. The number of aryl methyl sites for hydroxylation is 1. The lowest BCUT2D eigenvalue weighted by atomic mass is 10.1. The first-order valence-electron chi connectivity index (χ1n) is 8.55. The van der Waals surface area contributed by atoms with E-state index in [4.69, 9.17) is 26.8 Å². The number of nitrogens with one attached hydrogen (secondary N) is 1. The number of nitrogens with two attached hydrogens (primary N) is 1. The molecule has 3 rings (SSSR count). The SMILES string of the molecule is COc1nc(Cl)ccc1Oc1ccc(C)c(F)c1C(=O)Nc1ccnc(C(N)=O)c1. The molecule has 0 atom stereocenters. The topological polar surface area (TPSA) is 116 Å². The van der Waals surface area contributed by atoms with Crippen molar-refractivity contribution in [3.63, 3.8) is 0 Å². The van der Waals surface area contributed by atoms with E-state index in [-0.39, 0.29) is 45.0 Å². The van der Waals surface area contributed by atoms with Crippen LogP contribution in [0.3, 0.4) is 0 Å². The zero-order valence-corrected chi connectivity index (χ0v) is 16.7. The molecule has 0 aliphatic carbocycles. The number of pyridine rings is 2. The van der Waals surface area contributed by atoms with Crippen molar-refractivity contribution in [3.05, 3.63) is 70.4 Å². The summed E-state index contributed by atoms with van der Waals surface area (Å²) in [4.78, 5) is 31.9. The Morgan fingerprint density at radius 2 is 1.90 bits per heavy atom. The lowest BCUT2D eigenvalue weighted by molar-refractivity contribution is 0.0991. The summed E-state index contributed by atoms with van der Waals surface area (Å²) in [5.41, 5.74) is 5.25. The van der Waals surface area contributed by atoms with Crippen LogP contribution in [0.5, 0.6) is 17.4 Å². The van der Waals surface area contributed by atoms with Crippen molar-refractivity contribution in [2.24, 2.45) is 5.73 Å². The van der Waals surface area contributed by atoms with Crippen LogP contribution in [-0.2, 0) is 0 Å². The van der Waals surface area contributed by atoms with Gasteiger partial charge < -0.3 is 20.5 Å². The number of ether oxygens (including phenoxy) is 2. The maximum atomic E-state index is 14.9. The third kappa shape index (κ3) is 4.47. The second-order valence-electron chi connectivity index (χ2n) is 6.06. The molecule has 3 aromatic rings. The van der Waals surface area contributed by atoms with Gasteiger partial charge in [-0.05, 0) is 42.8 Å². The highest BCUT2D eigenvalue weighted by Gasteiger charge is 2.22. The van der Waals surface area contributed by atoms with E-state index in [1.165, 1.54) is 56.6 Å². The molecule has 0 fully saturated rings. The van der Waals surface area contributed by atoms with Gasteiger partial charge in [-0.25, -0.2) is 4.39 Å². The van der Waals surface area contributed by atoms with Gasteiger partial charge in [0.05, 0.1) is 7.11 Å². The molecule has 2 amide bonds. The summed E-state index contributed by atoms with van der Waals surface area (Å²) in [5.74, 6) is -2.20. The first kappa shape index (κ1) is 21.0. The van der Waals surface area contributed by atoms with E-state index in [2.05, 4.69) is 15.3 Å². The van der Waals surface area contributed by atoms with Gasteiger partial charge in [0, 0.05) is 11.9 Å². The molecule has 0 aliphatic heterocycles. The summed E-state index contributed by atoms with van der Waals surface area (Å²) in [6.45, 7) is 1.51. The second kappa shape index (κ2) is 8.75. The summed E-state index contributed by atoms with van der Waals surface area (Å²) < 4.78 is 25.7. The number of anilines is 1. The van der Waals surface area contributed by atoms with Gasteiger partial charge in [-0.3, -0.25) is 14.6 Å². The van der Waals surface area contributed by atoms with Gasteiger partial charge in [-0.2, -0.15) is 4.98 Å². The van der Waals surface area contributed by atoms with Crippen molar-refractivity contribution in [2.45, 2.75) is 6.92 Å². The van der Waals surface area contributed by atoms with E-state index < -0.39 is 17.6 Å². The summed E-state index contributed by atoms with van der Waals surface area (Å²) in [7, 11) is 1.37. The molecule has 0 aliphatic rings. The summed E-state index contributed by atoms with van der Waals surface area (Å²) in [6.07, 6.45) is 1.30. The van der Waals surface area contributed by atoms with E-state index in [0.717, 1.165) is 0 Å². The summed E-state index contributed by atoms with van der Waals surface area (Å²) in [5, 5.41) is 2.69. The molecule has 10 heteroatoms. The average Bonchev–Trinajstić information content (AvgIpc) is 2.72. The van der Waals surface area contributed by atoms with Crippen LogP contribution in [0.4, 0.5) is 10.1 Å². The number of benzene rings is 1. The molecule has 2 aromatic heterocycles. The van der Waals surface area contributed by atoms with Gasteiger partial charge in [0.2, 0.25) is 0 Å². The Bertz CT molecular complexity index is 1140. The predicted molar refractivity (Wildman–Crippen MR) is 108 cm³/mol. The van der Waals surface area contributed by atoms with Crippen LogP contribution >= 0.6 is 11.6 Å². The molecular formula is C20H16ClFN4O4. The summed E-state index contributed by atoms with van der Waals surface area (Å²) in [6, 6.07) is 8.57. The van der Waals surface area contributed by atoms with Gasteiger partial charge in [-0.15, -0.1) is 0 Å². The predicted octanol–water partition coefficient (Wildman–Crippen LogP) is 3.73. The standard InChI is InChI=1S/C20H16ClFN4O4/c1-10-3-4-13(30-14-5-6-15(21)26-20(14)29-2)16(17(10)22)19(28)25-11-7-8-24-12(9-11)18(23)27/h3-9H,1-2H3,(H2,23,27)(H,24,25,28). The quantitative estimate of drug-likeness (QED) is 0.575. The Kier molecular flexibility index (Phi) is 6.12. The third-order valence-corrected chi connectivity index (χ3v) is 4.21. The van der Waals surface area contributed by atoms with Gasteiger partial charge in [0.25, 0.3) is 17.7 Å². The molecule has 3 N–H and O–H groups in total. The zero-order valence-electron chi connectivity index (χ0n) is 15.9. The van der Waals surface area contributed by atoms with Gasteiger partial charge >= 0.3 is 0 Å². The Morgan fingerprint density at radius 3 is 2.60 bits per heavy atom. The van der Waals surface area contributed by atoms with Crippen LogP contribution in [0.2, 0.25) is 5.15 Å². The number of primary amides is 1. The van der Waals surface area contributed by atoms with Gasteiger partial charge in [0.15, 0.2) is 5.75 Å². The first-order valence-corrected chi connectivity index (χ1v) is 8.92. The minimum absolute atomic E-state index is 0.0500. The average molecular weight is 431 g/mol. The number of carbonyl (C=O) groups excluding carboxylic acids is 2. The van der Waals surface area contributed by atoms with E-state index in [0.29, 0.717) is 0 Å². The van der Waals surface area contributed by atoms with Crippen molar-refractivity contribution in [2.75, 3.05) is 12.4 Å². The molecule has 154 valence electrons. The number of methoxy groups -OCH3 is 1. The van der Waals surface area contributed by atoms with Crippen molar-refractivity contribution in [3.8, 4) is 17.4 Å². The van der Waals surface area contributed by atoms with E-state index in [1.807, 2.05) is 0 Å². The van der Waals surface area contributed by atoms with E-state index in [9.17, 15) is 14.0 Å². The Hall–Kier alpha value is -3.72. The Labute approximate surface area is 175 Å². The van der Waals surface area contributed by atoms with Gasteiger partial charge in [0.1, 0.15) is 28.0 Å². The molecule has 8 nitrogen and oxygen atoms in total. The largest absolute Gasteiger partial charge is 0.478 e. The molecule has 0 radical (unpaired) electrons.